The van der Waals surface area contributed by atoms with E-state index < -0.39 is 15.8 Å². The number of nitrogens with two attached hydrogens (primary N) is 1. The maximum atomic E-state index is 13.5. The summed E-state index contributed by atoms with van der Waals surface area (Å²) in [5.41, 5.74) is -0.0866. The van der Waals surface area contributed by atoms with Crippen molar-refractivity contribution in [3.8, 4) is 0 Å². The molecule has 5 nitrogen and oxygen atoms in total. The average Bonchev–Trinajstić information content (AvgIpc) is 2.27. The predicted octanol–water partition coefficient (Wildman–Crippen LogP) is 1.38. The first-order valence-corrected chi connectivity index (χ1v) is 6.62. The zero-order valence-electron chi connectivity index (χ0n) is 9.52. The number of carbonyl (C=O) groups excluding carboxylic acids is 1. The van der Waals surface area contributed by atoms with Crippen molar-refractivity contribution in [3.05, 3.63) is 36.7 Å². The van der Waals surface area contributed by atoms with Gasteiger partial charge in [0.25, 0.3) is 0 Å². The normalized spacial score (nSPS) is 11.0. The number of carbonyl (C=O) groups is 1. The number of primary sulfonamides is 1. The molecule has 0 fully saturated rings. The van der Waals surface area contributed by atoms with Crippen LogP contribution in [0.15, 0.2) is 35.7 Å². The Morgan fingerprint density at radius 2 is 2.17 bits per heavy atom. The molecule has 1 rings (SSSR count). The first kappa shape index (κ1) is 14.3. The van der Waals surface area contributed by atoms with Crippen molar-refractivity contribution in [1.29, 1.82) is 0 Å². The van der Waals surface area contributed by atoms with Crippen molar-refractivity contribution in [3.63, 3.8) is 0 Å². The number of benzene rings is 1. The molecule has 0 bridgehead atoms. The van der Waals surface area contributed by atoms with Crippen LogP contribution in [0.2, 0.25) is 0 Å². The van der Waals surface area contributed by atoms with Gasteiger partial charge in [-0.2, -0.15) is 0 Å². The van der Waals surface area contributed by atoms with Crippen molar-refractivity contribution >= 4 is 21.6 Å². The van der Waals surface area contributed by atoms with Gasteiger partial charge in [0.2, 0.25) is 15.9 Å². The molecule has 0 saturated heterocycles. The summed E-state index contributed by atoms with van der Waals surface area (Å²) in [5.74, 6) is -1.23. The fourth-order valence-corrected chi connectivity index (χ4v) is 1.75. The average molecular weight is 272 g/mol. The highest BCUT2D eigenvalue weighted by molar-refractivity contribution is 7.89. The van der Waals surface area contributed by atoms with Gasteiger partial charge in [-0.15, -0.1) is 6.58 Å². The van der Waals surface area contributed by atoms with Crippen LogP contribution in [-0.2, 0) is 14.8 Å². The van der Waals surface area contributed by atoms with E-state index in [2.05, 4.69) is 11.9 Å². The van der Waals surface area contributed by atoms with E-state index in [-0.39, 0.29) is 22.9 Å². The molecular weight excluding hydrogens is 259 g/mol. The van der Waals surface area contributed by atoms with Gasteiger partial charge >= 0.3 is 0 Å². The van der Waals surface area contributed by atoms with Crippen LogP contribution in [0.3, 0.4) is 0 Å². The highest BCUT2D eigenvalue weighted by atomic mass is 32.2. The quantitative estimate of drug-likeness (QED) is 0.793. The smallest absolute Gasteiger partial charge is 0.238 e. The van der Waals surface area contributed by atoms with E-state index >= 15 is 0 Å². The summed E-state index contributed by atoms with van der Waals surface area (Å²) in [5, 5.41) is 7.18. The maximum Gasteiger partial charge on any atom is 0.238 e. The van der Waals surface area contributed by atoms with Gasteiger partial charge < -0.3 is 5.32 Å². The van der Waals surface area contributed by atoms with Crippen LogP contribution >= 0.6 is 0 Å². The molecule has 0 aliphatic rings. The lowest BCUT2D eigenvalue weighted by molar-refractivity contribution is -0.116. The van der Waals surface area contributed by atoms with E-state index in [1.165, 1.54) is 0 Å². The molecule has 1 aromatic rings. The van der Waals surface area contributed by atoms with Crippen LogP contribution < -0.4 is 10.5 Å². The van der Waals surface area contributed by atoms with Crippen molar-refractivity contribution in [2.24, 2.45) is 5.14 Å². The van der Waals surface area contributed by atoms with E-state index in [0.29, 0.717) is 6.42 Å². The second kappa shape index (κ2) is 5.74. The summed E-state index contributed by atoms with van der Waals surface area (Å²) >= 11 is 0. The summed E-state index contributed by atoms with van der Waals surface area (Å²) in [6, 6.07) is 3.04. The standard InChI is InChI=1S/C11H13FN2O3S/c1-2-3-4-11(15)14-10-6-5-8(7-9(10)12)18(13,16)17/h2,5-7H,1,3-4H2,(H,14,15)(H2,13,16,17). The molecule has 0 heterocycles. The molecule has 7 heteroatoms. The molecule has 0 atom stereocenters. The number of halogens is 1. The largest absolute Gasteiger partial charge is 0.324 e. The van der Waals surface area contributed by atoms with Gasteiger partial charge in [0.05, 0.1) is 10.6 Å². The number of anilines is 1. The Morgan fingerprint density at radius 3 is 2.67 bits per heavy atom. The lowest BCUT2D eigenvalue weighted by Gasteiger charge is -2.06. The summed E-state index contributed by atoms with van der Waals surface area (Å²) in [7, 11) is -3.95. The van der Waals surface area contributed by atoms with Gasteiger partial charge in [-0.1, -0.05) is 6.08 Å². The molecule has 0 aliphatic carbocycles. The van der Waals surface area contributed by atoms with Crippen LogP contribution in [-0.4, -0.2) is 14.3 Å². The maximum absolute atomic E-state index is 13.5. The topological polar surface area (TPSA) is 89.3 Å². The zero-order valence-corrected chi connectivity index (χ0v) is 10.3. The molecule has 1 amide bonds. The predicted molar refractivity (Wildman–Crippen MR) is 65.8 cm³/mol. The van der Waals surface area contributed by atoms with Crippen LogP contribution in [0.4, 0.5) is 10.1 Å². The first-order chi connectivity index (χ1) is 8.34. The Bertz CT molecular complexity index is 570. The molecule has 18 heavy (non-hydrogen) atoms. The van der Waals surface area contributed by atoms with Crippen LogP contribution in [0.25, 0.3) is 0 Å². The minimum atomic E-state index is -3.95. The highest BCUT2D eigenvalue weighted by Crippen LogP contribution is 2.18. The zero-order chi connectivity index (χ0) is 13.8. The lowest BCUT2D eigenvalue weighted by atomic mass is 10.2. The fraction of sp³-hybridized carbons (Fsp3) is 0.182. The Labute approximate surface area is 105 Å². The Morgan fingerprint density at radius 1 is 1.50 bits per heavy atom. The van der Waals surface area contributed by atoms with Crippen molar-refractivity contribution in [1.82, 2.24) is 0 Å². The Kier molecular flexibility index (Phi) is 4.57. The van der Waals surface area contributed by atoms with Crippen molar-refractivity contribution < 1.29 is 17.6 Å². The van der Waals surface area contributed by atoms with Gasteiger partial charge in [-0.3, -0.25) is 4.79 Å². The summed E-state index contributed by atoms with van der Waals surface area (Å²) in [6.45, 7) is 3.46. The third-order valence-electron chi connectivity index (χ3n) is 2.12. The van der Waals surface area contributed by atoms with Crippen molar-refractivity contribution in [2.75, 3.05) is 5.32 Å². The summed E-state index contributed by atoms with van der Waals surface area (Å²) < 4.78 is 35.5. The number of allylic oxidation sites excluding steroid dienone is 1. The molecule has 1 aromatic carbocycles. The molecule has 0 saturated carbocycles. The highest BCUT2D eigenvalue weighted by Gasteiger charge is 2.12. The van der Waals surface area contributed by atoms with Gasteiger partial charge in [0.1, 0.15) is 5.82 Å². The monoisotopic (exact) mass is 272 g/mol. The van der Waals surface area contributed by atoms with Crippen LogP contribution in [0.5, 0.6) is 0 Å². The molecule has 0 radical (unpaired) electrons. The van der Waals surface area contributed by atoms with Gasteiger partial charge in [0.15, 0.2) is 0 Å². The molecule has 0 unspecified atom stereocenters. The molecular formula is C11H13FN2O3S. The molecule has 0 aliphatic heterocycles. The summed E-state index contributed by atoms with van der Waals surface area (Å²) in [6.07, 6.45) is 2.22. The fourth-order valence-electron chi connectivity index (χ4n) is 1.22. The Hall–Kier alpha value is -1.73. The minimum Gasteiger partial charge on any atom is -0.324 e. The van der Waals surface area contributed by atoms with Gasteiger partial charge in [-0.05, 0) is 24.6 Å². The molecule has 0 aromatic heterocycles. The SMILES string of the molecule is C=CCCC(=O)Nc1ccc(S(N)(=O)=O)cc1F. The number of hydrogen-bond donors (Lipinski definition) is 2. The molecule has 98 valence electrons. The second-order valence-electron chi connectivity index (χ2n) is 3.56. The van der Waals surface area contributed by atoms with Crippen LogP contribution in [0.1, 0.15) is 12.8 Å². The van der Waals surface area contributed by atoms with E-state index in [0.717, 1.165) is 18.2 Å². The Balaban J connectivity index is 2.87. The number of amides is 1. The number of hydrogen-bond acceptors (Lipinski definition) is 3. The van der Waals surface area contributed by atoms with E-state index in [9.17, 15) is 17.6 Å². The molecule has 0 spiro atoms. The molecule has 3 N–H and O–H groups in total. The number of rotatable bonds is 5. The third-order valence-corrected chi connectivity index (χ3v) is 3.03. The summed E-state index contributed by atoms with van der Waals surface area (Å²) in [4.78, 5) is 11.0. The van der Waals surface area contributed by atoms with E-state index in [1.807, 2.05) is 0 Å². The van der Waals surface area contributed by atoms with Crippen molar-refractivity contribution in [2.45, 2.75) is 17.7 Å². The third kappa shape index (κ3) is 3.94. The lowest BCUT2D eigenvalue weighted by Crippen LogP contribution is -2.14. The van der Waals surface area contributed by atoms with Gasteiger partial charge in [-0.25, -0.2) is 17.9 Å². The van der Waals surface area contributed by atoms with Gasteiger partial charge in [0, 0.05) is 6.42 Å². The minimum absolute atomic E-state index is 0.0866. The first-order valence-electron chi connectivity index (χ1n) is 5.07. The number of sulfonamides is 1. The van der Waals surface area contributed by atoms with Crippen LogP contribution in [0, 0.1) is 5.82 Å². The number of nitrogens with one attached hydrogen (secondary N) is 1. The second-order valence-corrected chi connectivity index (χ2v) is 5.12. The van der Waals surface area contributed by atoms with E-state index in [1.54, 1.807) is 6.08 Å². The van der Waals surface area contributed by atoms with E-state index in [4.69, 9.17) is 5.14 Å².